The Labute approximate surface area is 64.9 Å². The van der Waals surface area contributed by atoms with Gasteiger partial charge in [-0.15, -0.1) is 0 Å². The molecule has 0 unspecified atom stereocenters. The highest BCUT2D eigenvalue weighted by Gasteiger charge is 2.09. The largest absolute Gasteiger partial charge is 0.468 e. The minimum Gasteiger partial charge on any atom is -0.468 e. The predicted octanol–water partition coefficient (Wildman–Crippen LogP) is -1.38. The number of carbonyl (C=O) groups is 2. The van der Waals surface area contributed by atoms with E-state index >= 15 is 0 Å². The summed E-state index contributed by atoms with van der Waals surface area (Å²) in [6.45, 7) is 1.58. The van der Waals surface area contributed by atoms with Gasteiger partial charge in [0.2, 0.25) is 5.91 Å². The van der Waals surface area contributed by atoms with Gasteiger partial charge in [-0.05, 0) is 6.92 Å². The van der Waals surface area contributed by atoms with E-state index in [4.69, 9.17) is 5.73 Å². The van der Waals surface area contributed by atoms with E-state index in [2.05, 4.69) is 10.1 Å². The molecule has 11 heavy (non-hydrogen) atoms. The molecule has 0 aliphatic carbocycles. The SMILES string of the molecule is COC(=O)CN[C@@H](C)C(N)=O. The van der Waals surface area contributed by atoms with E-state index in [1.54, 1.807) is 6.92 Å². The molecule has 0 rings (SSSR count). The summed E-state index contributed by atoms with van der Waals surface area (Å²) in [6.07, 6.45) is 0. The number of amides is 1. The molecule has 5 heteroatoms. The normalized spacial score (nSPS) is 12.2. The molecule has 3 N–H and O–H groups in total. The Morgan fingerprint density at radius 1 is 1.64 bits per heavy atom. The third kappa shape index (κ3) is 4.32. The van der Waals surface area contributed by atoms with Crippen LogP contribution in [0.1, 0.15) is 6.92 Å². The number of rotatable bonds is 4. The summed E-state index contributed by atoms with van der Waals surface area (Å²) >= 11 is 0. The predicted molar refractivity (Wildman–Crippen MR) is 38.7 cm³/mol. The van der Waals surface area contributed by atoms with Gasteiger partial charge in [-0.25, -0.2) is 0 Å². The van der Waals surface area contributed by atoms with Crippen molar-refractivity contribution >= 4 is 11.9 Å². The minimum atomic E-state index is -0.505. The van der Waals surface area contributed by atoms with Crippen LogP contribution >= 0.6 is 0 Å². The quantitative estimate of drug-likeness (QED) is 0.497. The average Bonchev–Trinajstić information content (AvgIpc) is 1.99. The van der Waals surface area contributed by atoms with Crippen molar-refractivity contribution in [3.05, 3.63) is 0 Å². The second-order valence-electron chi connectivity index (χ2n) is 2.08. The number of esters is 1. The number of ether oxygens (including phenoxy) is 1. The molecule has 0 aromatic heterocycles. The lowest BCUT2D eigenvalue weighted by molar-refractivity contribution is -0.139. The van der Waals surface area contributed by atoms with Crippen LogP contribution < -0.4 is 11.1 Å². The molecule has 5 nitrogen and oxygen atoms in total. The number of primary amides is 1. The molecule has 0 aromatic rings. The summed E-state index contributed by atoms with van der Waals surface area (Å²) in [4.78, 5) is 20.9. The zero-order chi connectivity index (χ0) is 8.85. The molecule has 0 aromatic carbocycles. The van der Waals surface area contributed by atoms with Crippen LogP contribution in [0.2, 0.25) is 0 Å². The number of carbonyl (C=O) groups excluding carboxylic acids is 2. The van der Waals surface area contributed by atoms with Gasteiger partial charge in [0.15, 0.2) is 0 Å². The molecule has 0 saturated heterocycles. The van der Waals surface area contributed by atoms with E-state index in [1.165, 1.54) is 7.11 Å². The first kappa shape index (κ1) is 9.90. The molecule has 0 radical (unpaired) electrons. The lowest BCUT2D eigenvalue weighted by Crippen LogP contribution is -2.41. The van der Waals surface area contributed by atoms with E-state index in [9.17, 15) is 9.59 Å². The van der Waals surface area contributed by atoms with Crippen LogP contribution in [0, 0.1) is 0 Å². The van der Waals surface area contributed by atoms with Gasteiger partial charge >= 0.3 is 5.97 Å². The van der Waals surface area contributed by atoms with E-state index in [0.717, 1.165) is 0 Å². The van der Waals surface area contributed by atoms with Crippen molar-refractivity contribution in [3.8, 4) is 0 Å². The summed E-state index contributed by atoms with van der Waals surface area (Å²) in [7, 11) is 1.28. The van der Waals surface area contributed by atoms with Gasteiger partial charge in [-0.1, -0.05) is 0 Å². The molecule has 0 aliphatic rings. The summed E-state index contributed by atoms with van der Waals surface area (Å²) in [5.74, 6) is -0.910. The maximum Gasteiger partial charge on any atom is 0.319 e. The second-order valence-corrected chi connectivity index (χ2v) is 2.08. The Morgan fingerprint density at radius 3 is 2.55 bits per heavy atom. The highest BCUT2D eigenvalue weighted by atomic mass is 16.5. The van der Waals surface area contributed by atoms with Crippen molar-refractivity contribution in [2.75, 3.05) is 13.7 Å². The average molecular weight is 160 g/mol. The van der Waals surface area contributed by atoms with Gasteiger partial charge in [0, 0.05) is 0 Å². The van der Waals surface area contributed by atoms with E-state index in [1.807, 2.05) is 0 Å². The summed E-state index contributed by atoms with van der Waals surface area (Å²) < 4.78 is 4.33. The van der Waals surface area contributed by atoms with Crippen LogP contribution in [-0.2, 0) is 14.3 Å². The first-order valence-corrected chi connectivity index (χ1v) is 3.17. The fraction of sp³-hybridized carbons (Fsp3) is 0.667. The van der Waals surface area contributed by atoms with Crippen molar-refractivity contribution in [1.82, 2.24) is 5.32 Å². The Balaban J connectivity index is 3.54. The first-order valence-electron chi connectivity index (χ1n) is 3.17. The smallest absolute Gasteiger partial charge is 0.319 e. The number of methoxy groups -OCH3 is 1. The molecule has 1 atom stereocenters. The first-order chi connectivity index (χ1) is 5.07. The number of hydrogen-bond acceptors (Lipinski definition) is 4. The van der Waals surface area contributed by atoms with Crippen LogP contribution in [0.15, 0.2) is 0 Å². The summed E-state index contributed by atoms with van der Waals surface area (Å²) in [5.41, 5.74) is 4.91. The van der Waals surface area contributed by atoms with Crippen molar-refractivity contribution in [3.63, 3.8) is 0 Å². The van der Waals surface area contributed by atoms with Crippen molar-refractivity contribution in [2.24, 2.45) is 5.73 Å². The molecule has 0 heterocycles. The Kier molecular flexibility index (Phi) is 4.21. The zero-order valence-electron chi connectivity index (χ0n) is 6.59. The Morgan fingerprint density at radius 2 is 2.18 bits per heavy atom. The lowest BCUT2D eigenvalue weighted by Gasteiger charge is -2.07. The van der Waals surface area contributed by atoms with Gasteiger partial charge < -0.3 is 10.5 Å². The van der Waals surface area contributed by atoms with Gasteiger partial charge in [-0.2, -0.15) is 0 Å². The van der Waals surface area contributed by atoms with Crippen molar-refractivity contribution < 1.29 is 14.3 Å². The summed E-state index contributed by atoms with van der Waals surface area (Å²) in [5, 5.41) is 2.58. The zero-order valence-corrected chi connectivity index (χ0v) is 6.59. The fourth-order valence-corrected chi connectivity index (χ4v) is 0.409. The van der Waals surface area contributed by atoms with Crippen LogP contribution in [-0.4, -0.2) is 31.6 Å². The molecular formula is C6H12N2O3. The van der Waals surface area contributed by atoms with Crippen LogP contribution in [0.4, 0.5) is 0 Å². The van der Waals surface area contributed by atoms with E-state index in [-0.39, 0.29) is 6.54 Å². The van der Waals surface area contributed by atoms with Gasteiger partial charge in [0.25, 0.3) is 0 Å². The van der Waals surface area contributed by atoms with E-state index < -0.39 is 17.9 Å². The molecule has 1 amide bonds. The highest BCUT2D eigenvalue weighted by Crippen LogP contribution is 1.78. The molecular weight excluding hydrogens is 148 g/mol. The van der Waals surface area contributed by atoms with Gasteiger partial charge in [0.05, 0.1) is 19.7 Å². The number of nitrogens with one attached hydrogen (secondary N) is 1. The fourth-order valence-electron chi connectivity index (χ4n) is 0.409. The monoisotopic (exact) mass is 160 g/mol. The molecule has 64 valence electrons. The molecule has 0 bridgehead atoms. The van der Waals surface area contributed by atoms with Crippen LogP contribution in [0.3, 0.4) is 0 Å². The Hall–Kier alpha value is -1.10. The van der Waals surface area contributed by atoms with Gasteiger partial charge in [0.1, 0.15) is 0 Å². The second kappa shape index (κ2) is 4.68. The number of hydrogen-bond donors (Lipinski definition) is 2. The van der Waals surface area contributed by atoms with Crippen molar-refractivity contribution in [1.29, 1.82) is 0 Å². The maximum absolute atomic E-state index is 10.5. The third-order valence-electron chi connectivity index (χ3n) is 1.21. The van der Waals surface area contributed by atoms with E-state index in [0.29, 0.717) is 0 Å². The molecule has 0 fully saturated rings. The molecule has 0 aliphatic heterocycles. The Bertz CT molecular complexity index is 158. The minimum absolute atomic E-state index is 0.000602. The highest BCUT2D eigenvalue weighted by molar-refractivity contribution is 5.80. The molecule has 0 spiro atoms. The third-order valence-corrected chi connectivity index (χ3v) is 1.21. The molecule has 0 saturated carbocycles. The van der Waals surface area contributed by atoms with Gasteiger partial charge in [-0.3, -0.25) is 14.9 Å². The number of nitrogens with two attached hydrogens (primary N) is 1. The topological polar surface area (TPSA) is 81.4 Å². The lowest BCUT2D eigenvalue weighted by atomic mass is 10.3. The van der Waals surface area contributed by atoms with Crippen LogP contribution in [0.5, 0.6) is 0 Å². The summed E-state index contributed by atoms with van der Waals surface area (Å²) in [6, 6.07) is -0.505. The standard InChI is InChI=1S/C6H12N2O3/c1-4(6(7)10)8-3-5(9)11-2/h4,8H,3H2,1-2H3,(H2,7,10)/t4-/m0/s1. The maximum atomic E-state index is 10.5. The van der Waals surface area contributed by atoms with Crippen LogP contribution in [0.25, 0.3) is 0 Å². The van der Waals surface area contributed by atoms with Crippen molar-refractivity contribution in [2.45, 2.75) is 13.0 Å².